The predicted molar refractivity (Wildman–Crippen MR) is 202 cm³/mol. The van der Waals surface area contributed by atoms with Gasteiger partial charge in [-0.1, -0.05) is 213 Å². The molecule has 0 spiro atoms. The number of aryl methyl sites for hydroxylation is 3. The minimum Gasteiger partial charge on any atom is -0.238 e. The van der Waals surface area contributed by atoms with Crippen LogP contribution in [0, 0.1) is 6.92 Å². The lowest BCUT2D eigenvalue weighted by Crippen LogP contribution is -2.04. The van der Waals surface area contributed by atoms with Crippen molar-refractivity contribution in [2.24, 2.45) is 0 Å². The minimum absolute atomic E-state index is 0.890. The van der Waals surface area contributed by atoms with Crippen LogP contribution >= 0.6 is 0 Å². The molecule has 263 valence electrons. The Bertz CT molecular complexity index is 660. The third-order valence-corrected chi connectivity index (χ3v) is 9.85. The average Bonchev–Trinajstić information content (AvgIpc) is 3.04. The molecule has 0 N–H and O–H groups in total. The molecule has 0 aliphatic heterocycles. The normalized spacial score (nSPS) is 11.5. The van der Waals surface area contributed by atoms with E-state index < -0.39 is 0 Å². The Morgan fingerprint density at radius 3 is 0.844 bits per heavy atom. The van der Waals surface area contributed by atoms with Crippen LogP contribution < -0.4 is 0 Å². The van der Waals surface area contributed by atoms with Gasteiger partial charge in [0.2, 0.25) is 0 Å². The van der Waals surface area contributed by atoms with E-state index in [0.717, 1.165) is 31.5 Å². The van der Waals surface area contributed by atoms with Gasteiger partial charge in [0.25, 0.3) is 0 Å². The molecule has 0 unspecified atom stereocenters. The fraction of sp³-hybridized carbons (Fsp3) is 0.884. The molecule has 0 saturated heterocycles. The molecule has 45 heavy (non-hydrogen) atoms. The molecule has 0 atom stereocenters. The van der Waals surface area contributed by atoms with Gasteiger partial charge in [0.05, 0.1) is 0 Å². The molecule has 0 amide bonds. The molecule has 1 rings (SSSR count). The number of aromatic nitrogens is 2. The van der Waals surface area contributed by atoms with E-state index >= 15 is 0 Å². The second-order valence-electron chi connectivity index (χ2n) is 14.5. The fourth-order valence-corrected chi connectivity index (χ4v) is 6.85. The Labute approximate surface area is 284 Å². The van der Waals surface area contributed by atoms with Crippen LogP contribution in [0.15, 0.2) is 6.07 Å². The molecule has 2 nitrogen and oxygen atoms in total. The molecule has 1 heterocycles. The van der Waals surface area contributed by atoms with E-state index in [1.165, 1.54) is 217 Å². The van der Waals surface area contributed by atoms with Gasteiger partial charge in [0, 0.05) is 17.8 Å². The van der Waals surface area contributed by atoms with Crippen LogP contribution in [0.2, 0.25) is 0 Å². The molecule has 1 aromatic rings. The molecule has 0 bridgehead atoms. The van der Waals surface area contributed by atoms with Gasteiger partial charge in [-0.15, -0.1) is 0 Å². The first-order valence-electron chi connectivity index (χ1n) is 20.9. The summed E-state index contributed by atoms with van der Waals surface area (Å²) in [5.74, 6) is 1.03. The number of unbranched alkanes of at least 4 members (excludes halogenated alkanes) is 30. The second kappa shape index (κ2) is 34.4. The molecular formula is C43H81N2. The molecule has 2 heteroatoms. The van der Waals surface area contributed by atoms with Crippen LogP contribution in [0.1, 0.15) is 243 Å². The van der Waals surface area contributed by atoms with Crippen LogP contribution in [-0.2, 0) is 19.3 Å². The summed E-state index contributed by atoms with van der Waals surface area (Å²) >= 11 is 0. The standard InChI is InChI=1S/C43H81N2/c1-4-7-9-11-13-15-17-19-21-23-25-27-29-31-33-35-38-41-40-42(45-43(44-41)37-6-3)39-36-34-32-30-28-26-24-22-20-18-16-14-12-10-8-5-2/h40H,3-39H2,1-2H3. The molecule has 1 aromatic heterocycles. The van der Waals surface area contributed by atoms with Gasteiger partial charge in [-0.05, 0) is 38.2 Å². The quantitative estimate of drug-likeness (QED) is 0.0693. The van der Waals surface area contributed by atoms with Crippen LogP contribution in [0.3, 0.4) is 0 Å². The van der Waals surface area contributed by atoms with Gasteiger partial charge < -0.3 is 0 Å². The first-order chi connectivity index (χ1) is 22.3. The molecule has 0 aliphatic carbocycles. The SMILES string of the molecule is [CH2]CCc1nc(CCCCCCCCCCCCCCCCCC)cc(CCCCCCCCCCCCCCCCCC)n1. The van der Waals surface area contributed by atoms with Crippen molar-refractivity contribution < 1.29 is 0 Å². The Balaban J connectivity index is 2.02. The van der Waals surface area contributed by atoms with Crippen molar-refractivity contribution >= 4 is 0 Å². The molecule has 0 saturated carbocycles. The maximum Gasteiger partial charge on any atom is 0.128 e. The lowest BCUT2D eigenvalue weighted by atomic mass is 10.0. The lowest BCUT2D eigenvalue weighted by Gasteiger charge is -2.09. The monoisotopic (exact) mass is 626 g/mol. The summed E-state index contributed by atoms with van der Waals surface area (Å²) in [5, 5.41) is 0. The third kappa shape index (κ3) is 29.0. The highest BCUT2D eigenvalue weighted by Gasteiger charge is 2.06. The fourth-order valence-electron chi connectivity index (χ4n) is 6.85. The highest BCUT2D eigenvalue weighted by Crippen LogP contribution is 2.17. The summed E-state index contributed by atoms with van der Waals surface area (Å²) in [6, 6.07) is 2.32. The van der Waals surface area contributed by atoms with E-state index in [1.54, 1.807) is 0 Å². The number of nitrogens with zero attached hydrogens (tertiary/aromatic N) is 2. The van der Waals surface area contributed by atoms with Crippen LogP contribution in [-0.4, -0.2) is 9.97 Å². The van der Waals surface area contributed by atoms with Crippen molar-refractivity contribution in [1.29, 1.82) is 0 Å². The molecule has 0 aromatic carbocycles. The van der Waals surface area contributed by atoms with E-state index in [2.05, 4.69) is 26.8 Å². The van der Waals surface area contributed by atoms with Crippen molar-refractivity contribution in [1.82, 2.24) is 9.97 Å². The first-order valence-corrected chi connectivity index (χ1v) is 20.9. The summed E-state index contributed by atoms with van der Waals surface area (Å²) in [7, 11) is 0. The summed E-state index contributed by atoms with van der Waals surface area (Å²) < 4.78 is 0. The maximum atomic E-state index is 4.90. The van der Waals surface area contributed by atoms with E-state index in [0.29, 0.717) is 0 Å². The van der Waals surface area contributed by atoms with Crippen molar-refractivity contribution in [3.05, 3.63) is 30.2 Å². The highest BCUT2D eigenvalue weighted by atomic mass is 14.9. The number of rotatable bonds is 36. The van der Waals surface area contributed by atoms with Crippen molar-refractivity contribution in [2.75, 3.05) is 0 Å². The number of hydrogen-bond donors (Lipinski definition) is 0. The van der Waals surface area contributed by atoms with E-state index in [9.17, 15) is 0 Å². The molecule has 0 aliphatic rings. The summed E-state index contributed by atoms with van der Waals surface area (Å²) in [6.45, 7) is 8.66. The minimum atomic E-state index is 0.890. The van der Waals surface area contributed by atoms with Crippen LogP contribution in [0.25, 0.3) is 0 Å². The van der Waals surface area contributed by atoms with Crippen molar-refractivity contribution in [3.63, 3.8) is 0 Å². The summed E-state index contributed by atoms with van der Waals surface area (Å²) in [5.41, 5.74) is 2.57. The molecular weight excluding hydrogens is 544 g/mol. The zero-order chi connectivity index (χ0) is 32.3. The zero-order valence-corrected chi connectivity index (χ0v) is 31.1. The van der Waals surface area contributed by atoms with E-state index in [1.807, 2.05) is 0 Å². The van der Waals surface area contributed by atoms with Gasteiger partial charge in [-0.3, -0.25) is 0 Å². The zero-order valence-electron chi connectivity index (χ0n) is 31.1. The van der Waals surface area contributed by atoms with Gasteiger partial charge in [0.15, 0.2) is 0 Å². The van der Waals surface area contributed by atoms with E-state index in [4.69, 9.17) is 9.97 Å². The molecule has 0 fully saturated rings. The lowest BCUT2D eigenvalue weighted by molar-refractivity contribution is 0.528. The maximum absolute atomic E-state index is 4.90. The largest absolute Gasteiger partial charge is 0.238 e. The Hall–Kier alpha value is -0.920. The Morgan fingerprint density at radius 2 is 0.600 bits per heavy atom. The smallest absolute Gasteiger partial charge is 0.128 e. The van der Waals surface area contributed by atoms with Gasteiger partial charge >= 0.3 is 0 Å². The summed E-state index contributed by atoms with van der Waals surface area (Å²) in [6.07, 6.45) is 49.6. The number of hydrogen-bond acceptors (Lipinski definition) is 2. The third-order valence-electron chi connectivity index (χ3n) is 9.85. The van der Waals surface area contributed by atoms with Gasteiger partial charge in [0.1, 0.15) is 5.82 Å². The Kier molecular flexibility index (Phi) is 32.2. The summed E-state index contributed by atoms with van der Waals surface area (Å²) in [4.78, 5) is 9.81. The van der Waals surface area contributed by atoms with Gasteiger partial charge in [-0.2, -0.15) is 0 Å². The van der Waals surface area contributed by atoms with Crippen LogP contribution in [0.4, 0.5) is 0 Å². The topological polar surface area (TPSA) is 25.8 Å². The van der Waals surface area contributed by atoms with Crippen LogP contribution in [0.5, 0.6) is 0 Å². The second-order valence-corrected chi connectivity index (χ2v) is 14.5. The van der Waals surface area contributed by atoms with Crippen molar-refractivity contribution in [2.45, 2.75) is 245 Å². The van der Waals surface area contributed by atoms with E-state index in [-0.39, 0.29) is 0 Å². The van der Waals surface area contributed by atoms with Crippen molar-refractivity contribution in [3.8, 4) is 0 Å². The van der Waals surface area contributed by atoms with Gasteiger partial charge in [-0.25, -0.2) is 9.97 Å². The molecule has 1 radical (unpaired) electrons. The Morgan fingerprint density at radius 1 is 0.356 bits per heavy atom. The first kappa shape index (κ1) is 42.1. The predicted octanol–water partition coefficient (Wildman–Crippen LogP) is 14.9. The highest BCUT2D eigenvalue weighted by molar-refractivity contribution is 5.12. The average molecular weight is 626 g/mol.